The summed E-state index contributed by atoms with van der Waals surface area (Å²) in [5.74, 6) is -0.122. The number of rotatable bonds is 4. The quantitative estimate of drug-likeness (QED) is 0.456. The van der Waals surface area contributed by atoms with E-state index in [4.69, 9.17) is 11.0 Å². The van der Waals surface area contributed by atoms with E-state index in [2.05, 4.69) is 24.9 Å². The number of nitrogen functional groups attached to an aromatic ring is 1. The zero-order valence-corrected chi connectivity index (χ0v) is 16.3. The van der Waals surface area contributed by atoms with Crippen molar-refractivity contribution in [1.29, 1.82) is 5.26 Å². The summed E-state index contributed by atoms with van der Waals surface area (Å²) in [7, 11) is -4.16. The molecule has 0 saturated heterocycles. The normalized spacial score (nSPS) is 11.4. The molecule has 2 aromatic heterocycles. The second-order valence-electron chi connectivity index (χ2n) is 6.38. The molecule has 0 bridgehead atoms. The monoisotopic (exact) mass is 423 g/mol. The summed E-state index contributed by atoms with van der Waals surface area (Å²) in [5.41, 5.74) is 7.21. The molecule has 30 heavy (non-hydrogen) atoms. The van der Waals surface area contributed by atoms with Crippen molar-refractivity contribution in [2.75, 3.05) is 10.5 Å². The molecule has 2 heterocycles. The Kier molecular flexibility index (Phi) is 4.56. The Labute approximate surface area is 170 Å². The number of fused-ring (bicyclic) bond motifs is 1. The molecule has 0 fully saturated rings. The van der Waals surface area contributed by atoms with Crippen molar-refractivity contribution in [3.8, 4) is 17.5 Å². The van der Waals surface area contributed by atoms with Gasteiger partial charge in [-0.25, -0.2) is 22.8 Å². The number of nitrogens with zero attached hydrogens (tertiary/aromatic N) is 4. The van der Waals surface area contributed by atoms with Crippen LogP contribution >= 0.6 is 0 Å². The topological polar surface area (TPSA) is 150 Å². The smallest absolute Gasteiger partial charge is 0.263 e. The lowest BCUT2D eigenvalue weighted by Gasteiger charge is -2.10. The Morgan fingerprint density at radius 3 is 2.60 bits per heavy atom. The highest BCUT2D eigenvalue weighted by molar-refractivity contribution is 7.92. The number of nitrogens with one attached hydrogen (secondary N) is 2. The highest BCUT2D eigenvalue weighted by Gasteiger charge is 2.21. The number of aromatic amines is 1. The van der Waals surface area contributed by atoms with Gasteiger partial charge in [-0.05, 0) is 43.3 Å². The van der Waals surface area contributed by atoms with Gasteiger partial charge in [0.15, 0.2) is 11.5 Å². The predicted molar refractivity (Wildman–Crippen MR) is 108 cm³/mol. The molecule has 0 aliphatic rings. The third-order valence-corrected chi connectivity index (χ3v) is 5.82. The van der Waals surface area contributed by atoms with Crippen LogP contribution in [0.15, 0.2) is 47.4 Å². The minimum Gasteiger partial charge on any atom is -0.383 e. The first-order chi connectivity index (χ1) is 14.3. The second-order valence-corrected chi connectivity index (χ2v) is 8.03. The van der Waals surface area contributed by atoms with Crippen LogP contribution in [0.4, 0.5) is 15.9 Å². The van der Waals surface area contributed by atoms with Gasteiger partial charge in [-0.3, -0.25) is 9.82 Å². The molecule has 0 atom stereocenters. The average Bonchev–Trinajstić information content (AvgIpc) is 3.09. The molecule has 0 aliphatic carbocycles. The number of anilines is 2. The van der Waals surface area contributed by atoms with Crippen LogP contribution in [0.25, 0.3) is 22.4 Å². The average molecular weight is 423 g/mol. The minimum absolute atomic E-state index is 0.230. The fourth-order valence-electron chi connectivity index (χ4n) is 2.99. The third kappa shape index (κ3) is 3.29. The number of sulfonamides is 1. The van der Waals surface area contributed by atoms with Crippen molar-refractivity contribution in [2.24, 2.45) is 0 Å². The Balaban J connectivity index is 1.65. The molecule has 4 N–H and O–H groups in total. The van der Waals surface area contributed by atoms with E-state index in [0.717, 1.165) is 6.07 Å². The lowest BCUT2D eigenvalue weighted by atomic mass is 10.2. The van der Waals surface area contributed by atoms with Gasteiger partial charge in [0.05, 0.1) is 11.1 Å². The molecular formula is C19H14FN7O2S. The second kappa shape index (κ2) is 7.09. The molecule has 9 nitrogen and oxygen atoms in total. The van der Waals surface area contributed by atoms with E-state index in [9.17, 15) is 12.8 Å². The molecular weight excluding hydrogens is 409 g/mol. The van der Waals surface area contributed by atoms with Gasteiger partial charge in [0.25, 0.3) is 10.0 Å². The maximum atomic E-state index is 13.8. The van der Waals surface area contributed by atoms with E-state index in [1.54, 1.807) is 25.1 Å². The molecule has 0 radical (unpaired) electrons. The van der Waals surface area contributed by atoms with Crippen molar-refractivity contribution in [3.05, 3.63) is 59.5 Å². The number of halogens is 1. The van der Waals surface area contributed by atoms with Gasteiger partial charge in [0.2, 0.25) is 0 Å². The zero-order chi connectivity index (χ0) is 21.5. The number of H-pyrrole nitrogens is 1. The Bertz CT molecular complexity index is 1420. The van der Waals surface area contributed by atoms with Crippen LogP contribution < -0.4 is 10.5 Å². The van der Waals surface area contributed by atoms with Gasteiger partial charge in [-0.2, -0.15) is 10.4 Å². The van der Waals surface area contributed by atoms with Crippen LogP contribution in [-0.4, -0.2) is 28.6 Å². The van der Waals surface area contributed by atoms with Crippen molar-refractivity contribution in [2.45, 2.75) is 11.8 Å². The molecule has 150 valence electrons. The molecule has 2 aromatic carbocycles. The highest BCUT2D eigenvalue weighted by Crippen LogP contribution is 2.26. The van der Waals surface area contributed by atoms with Crippen molar-refractivity contribution >= 4 is 32.6 Å². The third-order valence-electron chi connectivity index (χ3n) is 4.39. The van der Waals surface area contributed by atoms with Crippen LogP contribution in [0.2, 0.25) is 0 Å². The SMILES string of the molecule is Cc1nc(-c2ccc(NS(=O)(=O)c3cccc(F)c3C#N)cc2)nc2n[nH]c(N)c12. The van der Waals surface area contributed by atoms with E-state index in [1.807, 2.05) is 0 Å². The summed E-state index contributed by atoms with van der Waals surface area (Å²) in [4.78, 5) is 8.35. The lowest BCUT2D eigenvalue weighted by Crippen LogP contribution is -2.15. The highest BCUT2D eigenvalue weighted by atomic mass is 32.2. The first kappa shape index (κ1) is 19.3. The lowest BCUT2D eigenvalue weighted by molar-refractivity contribution is 0.593. The maximum Gasteiger partial charge on any atom is 0.263 e. The molecule has 0 unspecified atom stereocenters. The van der Waals surface area contributed by atoms with Gasteiger partial charge in [0, 0.05) is 11.3 Å². The first-order valence-corrected chi connectivity index (χ1v) is 10.1. The van der Waals surface area contributed by atoms with E-state index in [-0.39, 0.29) is 5.69 Å². The largest absolute Gasteiger partial charge is 0.383 e. The Morgan fingerprint density at radius 2 is 1.90 bits per heavy atom. The number of hydrogen-bond donors (Lipinski definition) is 3. The summed E-state index contributed by atoms with van der Waals surface area (Å²) in [6.07, 6.45) is 0. The van der Waals surface area contributed by atoms with E-state index < -0.39 is 26.3 Å². The maximum absolute atomic E-state index is 13.8. The Morgan fingerprint density at radius 1 is 1.17 bits per heavy atom. The molecule has 11 heteroatoms. The van der Waals surface area contributed by atoms with Crippen LogP contribution in [0.1, 0.15) is 11.3 Å². The number of nitrogens with two attached hydrogens (primary N) is 1. The summed E-state index contributed by atoms with van der Waals surface area (Å²) in [5, 5.41) is 16.4. The fraction of sp³-hybridized carbons (Fsp3) is 0.0526. The first-order valence-electron chi connectivity index (χ1n) is 8.60. The van der Waals surface area contributed by atoms with Crippen molar-refractivity contribution < 1.29 is 12.8 Å². The number of nitriles is 1. The molecule has 0 saturated carbocycles. The fourth-order valence-corrected chi connectivity index (χ4v) is 4.21. The standard InChI is InChI=1S/C19H14FN7O2S/c1-10-16-17(22)25-26-19(16)24-18(23-10)11-5-7-12(8-6-11)27-30(28,29)15-4-2-3-14(20)13(15)9-21/h2-8,27H,1H3,(H3,22,23,24,25,26). The molecule has 0 spiro atoms. The summed E-state index contributed by atoms with van der Waals surface area (Å²) < 4.78 is 41.3. The molecule has 0 aliphatic heterocycles. The molecule has 4 aromatic rings. The van der Waals surface area contributed by atoms with Crippen molar-refractivity contribution in [1.82, 2.24) is 20.2 Å². The van der Waals surface area contributed by atoms with Gasteiger partial charge in [0.1, 0.15) is 28.2 Å². The van der Waals surface area contributed by atoms with Gasteiger partial charge in [-0.1, -0.05) is 6.07 Å². The number of aromatic nitrogens is 4. The van der Waals surface area contributed by atoms with Crippen LogP contribution in [0.3, 0.4) is 0 Å². The van der Waals surface area contributed by atoms with Gasteiger partial charge in [-0.15, -0.1) is 0 Å². The number of benzene rings is 2. The van der Waals surface area contributed by atoms with E-state index in [0.29, 0.717) is 33.9 Å². The number of aryl methyl sites for hydroxylation is 1. The number of hydrogen-bond acceptors (Lipinski definition) is 7. The van der Waals surface area contributed by atoms with Crippen LogP contribution in [0.5, 0.6) is 0 Å². The van der Waals surface area contributed by atoms with Crippen LogP contribution in [-0.2, 0) is 10.0 Å². The Hall–Kier alpha value is -4.04. The van der Waals surface area contributed by atoms with E-state index >= 15 is 0 Å². The minimum atomic E-state index is -4.16. The van der Waals surface area contributed by atoms with E-state index in [1.165, 1.54) is 24.3 Å². The van der Waals surface area contributed by atoms with Gasteiger partial charge >= 0.3 is 0 Å². The van der Waals surface area contributed by atoms with Crippen LogP contribution in [0, 0.1) is 24.1 Å². The van der Waals surface area contributed by atoms with Gasteiger partial charge < -0.3 is 5.73 Å². The van der Waals surface area contributed by atoms with Crippen molar-refractivity contribution in [3.63, 3.8) is 0 Å². The molecule has 0 amide bonds. The summed E-state index contributed by atoms with van der Waals surface area (Å²) in [6.45, 7) is 1.79. The zero-order valence-electron chi connectivity index (χ0n) is 15.5. The summed E-state index contributed by atoms with van der Waals surface area (Å²) in [6, 6.07) is 11.3. The summed E-state index contributed by atoms with van der Waals surface area (Å²) >= 11 is 0. The molecule has 4 rings (SSSR count). The predicted octanol–water partition coefficient (Wildman–Crippen LogP) is 2.72.